The molecule has 0 aliphatic carbocycles. The van der Waals surface area contributed by atoms with Crippen LogP contribution in [0.1, 0.15) is 26.6 Å². The summed E-state index contributed by atoms with van der Waals surface area (Å²) in [7, 11) is -2.05. The number of thioether (sulfide) groups is 1. The molecule has 2 N–H and O–H groups in total. The number of carbonyl (C=O) groups excluding carboxylic acids is 1. The molecule has 0 saturated carbocycles. The molecule has 1 aromatic heterocycles. The fraction of sp³-hybridized carbons (Fsp3) is 0.318. The molecule has 9 nitrogen and oxygen atoms in total. The van der Waals surface area contributed by atoms with E-state index in [0.717, 1.165) is 5.69 Å². The first kappa shape index (κ1) is 24.9. The van der Waals surface area contributed by atoms with Crippen LogP contribution in [0, 0.1) is 0 Å². The number of methoxy groups -OCH3 is 1. The monoisotopic (exact) mass is 489 g/mol. The van der Waals surface area contributed by atoms with E-state index in [0.29, 0.717) is 16.7 Å². The van der Waals surface area contributed by atoms with Gasteiger partial charge in [0.05, 0.1) is 10.6 Å². The fourth-order valence-electron chi connectivity index (χ4n) is 2.96. The Labute approximate surface area is 198 Å². The van der Waals surface area contributed by atoms with Crippen molar-refractivity contribution in [3.63, 3.8) is 0 Å². The van der Waals surface area contributed by atoms with Crippen molar-refractivity contribution in [2.45, 2.75) is 43.0 Å². The van der Waals surface area contributed by atoms with Gasteiger partial charge in [0.1, 0.15) is 6.61 Å². The number of carbonyl (C=O) groups is 1. The van der Waals surface area contributed by atoms with E-state index in [4.69, 9.17) is 4.74 Å². The lowest BCUT2D eigenvalue weighted by Gasteiger charge is -2.20. The van der Waals surface area contributed by atoms with Gasteiger partial charge in [-0.05, 0) is 57.2 Å². The maximum absolute atomic E-state index is 12.5. The minimum Gasteiger partial charge on any atom is -0.377 e. The van der Waals surface area contributed by atoms with E-state index in [1.807, 2.05) is 34.9 Å². The molecule has 0 spiro atoms. The zero-order chi connectivity index (χ0) is 24.1. The summed E-state index contributed by atoms with van der Waals surface area (Å²) < 4.78 is 34.5. The van der Waals surface area contributed by atoms with Crippen molar-refractivity contribution in [2.24, 2.45) is 0 Å². The molecule has 0 atom stereocenters. The number of aromatic nitrogens is 3. The largest absolute Gasteiger partial charge is 0.377 e. The third-order valence-corrected chi connectivity index (χ3v) is 6.91. The van der Waals surface area contributed by atoms with Crippen molar-refractivity contribution < 1.29 is 17.9 Å². The average molecular weight is 490 g/mol. The predicted molar refractivity (Wildman–Crippen MR) is 128 cm³/mol. The zero-order valence-corrected chi connectivity index (χ0v) is 20.5. The molecule has 3 rings (SSSR count). The van der Waals surface area contributed by atoms with Gasteiger partial charge in [0.25, 0.3) is 0 Å². The summed E-state index contributed by atoms with van der Waals surface area (Å²) in [5.74, 6) is 0.482. The molecule has 11 heteroatoms. The van der Waals surface area contributed by atoms with E-state index in [1.165, 1.54) is 23.9 Å². The van der Waals surface area contributed by atoms with Gasteiger partial charge in [-0.3, -0.25) is 9.36 Å². The summed E-state index contributed by atoms with van der Waals surface area (Å²) in [6, 6.07) is 15.6. The normalized spacial score (nSPS) is 12.0. The molecule has 1 amide bonds. The number of nitrogens with one attached hydrogen (secondary N) is 2. The van der Waals surface area contributed by atoms with E-state index >= 15 is 0 Å². The number of rotatable bonds is 9. The van der Waals surface area contributed by atoms with Crippen LogP contribution < -0.4 is 10.0 Å². The number of hydrogen-bond donors (Lipinski definition) is 2. The Morgan fingerprint density at radius 3 is 2.33 bits per heavy atom. The molecular weight excluding hydrogens is 462 g/mol. The van der Waals surface area contributed by atoms with E-state index < -0.39 is 15.6 Å². The highest BCUT2D eigenvalue weighted by Gasteiger charge is 2.22. The van der Waals surface area contributed by atoms with Crippen LogP contribution in [0.5, 0.6) is 0 Å². The Balaban J connectivity index is 1.66. The third kappa shape index (κ3) is 6.87. The van der Waals surface area contributed by atoms with Gasteiger partial charge in [-0.1, -0.05) is 30.0 Å². The predicted octanol–water partition coefficient (Wildman–Crippen LogP) is 3.22. The minimum atomic E-state index is -3.64. The van der Waals surface area contributed by atoms with Crippen LogP contribution in [0.25, 0.3) is 5.69 Å². The Kier molecular flexibility index (Phi) is 7.90. The standard InChI is InChI=1S/C22H27N5O4S2/c1-22(2,3)26-33(29,30)18-12-10-16(11-13-18)23-20(28)15-32-21-25-24-19(14-31-4)27(21)17-8-6-5-7-9-17/h5-13,26H,14-15H2,1-4H3,(H,23,28). The molecule has 2 aromatic carbocycles. The first-order valence-corrected chi connectivity index (χ1v) is 12.6. The van der Waals surface area contributed by atoms with Crippen molar-refractivity contribution in [2.75, 3.05) is 18.2 Å². The highest BCUT2D eigenvalue weighted by atomic mass is 32.2. The average Bonchev–Trinajstić information content (AvgIpc) is 3.14. The van der Waals surface area contributed by atoms with E-state index in [-0.39, 0.29) is 23.2 Å². The summed E-state index contributed by atoms with van der Waals surface area (Å²) >= 11 is 1.25. The first-order chi connectivity index (χ1) is 15.6. The molecule has 0 aliphatic heterocycles. The van der Waals surface area contributed by atoms with Crippen LogP contribution in [-0.4, -0.2) is 47.5 Å². The second-order valence-corrected chi connectivity index (χ2v) is 10.8. The van der Waals surface area contributed by atoms with Crippen LogP contribution in [-0.2, 0) is 26.2 Å². The van der Waals surface area contributed by atoms with Gasteiger partial charge < -0.3 is 10.1 Å². The van der Waals surface area contributed by atoms with Gasteiger partial charge in [-0.25, -0.2) is 13.1 Å². The fourth-order valence-corrected chi connectivity index (χ4v) is 5.15. The van der Waals surface area contributed by atoms with Crippen LogP contribution in [0.4, 0.5) is 5.69 Å². The number of sulfonamides is 1. The summed E-state index contributed by atoms with van der Waals surface area (Å²) in [4.78, 5) is 12.6. The molecule has 0 unspecified atom stereocenters. The van der Waals surface area contributed by atoms with Gasteiger partial charge in [0, 0.05) is 24.0 Å². The number of ether oxygens (including phenoxy) is 1. The highest BCUT2D eigenvalue weighted by Crippen LogP contribution is 2.23. The molecule has 0 saturated heterocycles. The number of hydrogen-bond acceptors (Lipinski definition) is 7. The van der Waals surface area contributed by atoms with Crippen molar-refractivity contribution in [3.8, 4) is 5.69 Å². The summed E-state index contributed by atoms with van der Waals surface area (Å²) in [5.41, 5.74) is 0.782. The number of nitrogens with zero attached hydrogens (tertiary/aromatic N) is 3. The van der Waals surface area contributed by atoms with Crippen molar-refractivity contribution >= 4 is 33.4 Å². The molecule has 0 aliphatic rings. The lowest BCUT2D eigenvalue weighted by atomic mass is 10.1. The maximum Gasteiger partial charge on any atom is 0.241 e. The second-order valence-electron chi connectivity index (χ2n) is 8.22. The number of amides is 1. The maximum atomic E-state index is 12.5. The van der Waals surface area contributed by atoms with Crippen molar-refractivity contribution in [1.82, 2.24) is 19.5 Å². The van der Waals surface area contributed by atoms with Crippen LogP contribution in [0.2, 0.25) is 0 Å². The molecule has 0 radical (unpaired) electrons. The quantitative estimate of drug-likeness (QED) is 0.444. The number of benzene rings is 2. The minimum absolute atomic E-state index is 0.101. The molecular formula is C22H27N5O4S2. The lowest BCUT2D eigenvalue weighted by Crippen LogP contribution is -2.40. The van der Waals surface area contributed by atoms with Gasteiger partial charge in [-0.2, -0.15) is 0 Å². The van der Waals surface area contributed by atoms with Crippen LogP contribution in [0.3, 0.4) is 0 Å². The molecule has 1 heterocycles. The Morgan fingerprint density at radius 1 is 1.06 bits per heavy atom. The van der Waals surface area contributed by atoms with Gasteiger partial charge in [-0.15, -0.1) is 10.2 Å². The zero-order valence-electron chi connectivity index (χ0n) is 18.9. The Morgan fingerprint density at radius 2 is 1.73 bits per heavy atom. The lowest BCUT2D eigenvalue weighted by molar-refractivity contribution is -0.113. The highest BCUT2D eigenvalue weighted by molar-refractivity contribution is 7.99. The smallest absolute Gasteiger partial charge is 0.241 e. The topological polar surface area (TPSA) is 115 Å². The molecule has 33 heavy (non-hydrogen) atoms. The van der Waals surface area contributed by atoms with Gasteiger partial charge in [0.2, 0.25) is 15.9 Å². The summed E-state index contributed by atoms with van der Waals surface area (Å²) in [6.07, 6.45) is 0. The van der Waals surface area contributed by atoms with Crippen LogP contribution in [0.15, 0.2) is 64.6 Å². The summed E-state index contributed by atoms with van der Waals surface area (Å²) in [5, 5.41) is 11.7. The SMILES string of the molecule is COCc1nnc(SCC(=O)Nc2ccc(S(=O)(=O)NC(C)(C)C)cc2)n1-c1ccccc1. The number of para-hydroxylation sites is 1. The third-order valence-electron chi connectivity index (χ3n) is 4.21. The second kappa shape index (κ2) is 10.5. The Hall–Kier alpha value is -2.73. The van der Waals surface area contributed by atoms with Crippen molar-refractivity contribution in [3.05, 3.63) is 60.4 Å². The molecule has 3 aromatic rings. The molecule has 176 valence electrons. The summed E-state index contributed by atoms with van der Waals surface area (Å²) in [6.45, 7) is 5.60. The molecule has 0 fully saturated rings. The van der Waals surface area contributed by atoms with Crippen LogP contribution >= 0.6 is 11.8 Å². The first-order valence-electron chi connectivity index (χ1n) is 10.1. The van der Waals surface area contributed by atoms with Crippen molar-refractivity contribution in [1.29, 1.82) is 0 Å². The van der Waals surface area contributed by atoms with E-state index in [1.54, 1.807) is 40.0 Å². The van der Waals surface area contributed by atoms with Gasteiger partial charge in [0.15, 0.2) is 11.0 Å². The van der Waals surface area contributed by atoms with E-state index in [9.17, 15) is 13.2 Å². The van der Waals surface area contributed by atoms with Gasteiger partial charge >= 0.3 is 0 Å². The van der Waals surface area contributed by atoms with E-state index in [2.05, 4.69) is 20.2 Å². The molecule has 0 bridgehead atoms. The number of anilines is 1. The Bertz CT molecular complexity index is 1190.